The summed E-state index contributed by atoms with van der Waals surface area (Å²) in [5.74, 6) is -3.40. The van der Waals surface area contributed by atoms with Gasteiger partial charge in [-0.3, -0.25) is 9.89 Å². The second-order valence-corrected chi connectivity index (χ2v) is 5.78. The van der Waals surface area contributed by atoms with E-state index in [4.69, 9.17) is 4.74 Å². The SMILES string of the molecule is O=C1CCn2ncc(n2)-c2n[nH]c3ccc(cc23)OCC(F)(F)CN1. The number of benzene rings is 1. The van der Waals surface area contributed by atoms with E-state index in [0.717, 1.165) is 5.52 Å². The first-order chi connectivity index (χ1) is 12.0. The highest BCUT2D eigenvalue weighted by Gasteiger charge is 2.31. The average molecular weight is 348 g/mol. The van der Waals surface area contributed by atoms with Crippen molar-refractivity contribution >= 4 is 16.8 Å². The summed E-state index contributed by atoms with van der Waals surface area (Å²) in [6.45, 7) is -1.44. The Morgan fingerprint density at radius 2 is 2.20 bits per heavy atom. The summed E-state index contributed by atoms with van der Waals surface area (Å²) in [5, 5.41) is 18.4. The third-order valence-electron chi connectivity index (χ3n) is 3.85. The van der Waals surface area contributed by atoms with Gasteiger partial charge in [0.1, 0.15) is 17.1 Å². The van der Waals surface area contributed by atoms with Crippen LogP contribution in [-0.4, -0.2) is 50.2 Å². The van der Waals surface area contributed by atoms with E-state index in [1.54, 1.807) is 24.4 Å². The van der Waals surface area contributed by atoms with Crippen LogP contribution in [0.1, 0.15) is 6.42 Å². The lowest BCUT2D eigenvalue weighted by molar-refractivity contribution is -0.124. The Balaban J connectivity index is 1.75. The van der Waals surface area contributed by atoms with E-state index < -0.39 is 25.0 Å². The summed E-state index contributed by atoms with van der Waals surface area (Å²) in [7, 11) is 0. The number of aromatic amines is 1. The van der Waals surface area contributed by atoms with Gasteiger partial charge in [-0.15, -0.1) is 0 Å². The summed E-state index contributed by atoms with van der Waals surface area (Å²) >= 11 is 0. The fourth-order valence-electron chi connectivity index (χ4n) is 2.55. The zero-order valence-electron chi connectivity index (χ0n) is 13.0. The standard InChI is InChI=1S/C15H14F2N6O2/c16-15(17)7-18-13(24)3-4-23-19-6-12(22-23)14-10-5-9(25-8-15)1-2-11(10)20-21-14/h1-2,5-6H,3-4,7-8H2,(H,18,24)(H,20,21). The number of H-pyrrole nitrogens is 1. The van der Waals surface area contributed by atoms with Gasteiger partial charge in [-0.05, 0) is 18.2 Å². The summed E-state index contributed by atoms with van der Waals surface area (Å²) < 4.78 is 33.0. The number of aryl methyl sites for hydroxylation is 1. The molecular weight excluding hydrogens is 334 g/mol. The molecule has 0 saturated carbocycles. The van der Waals surface area contributed by atoms with Crippen molar-refractivity contribution in [2.24, 2.45) is 0 Å². The lowest BCUT2D eigenvalue weighted by atomic mass is 10.1. The third-order valence-corrected chi connectivity index (χ3v) is 3.85. The van der Waals surface area contributed by atoms with Gasteiger partial charge in [-0.2, -0.15) is 20.1 Å². The zero-order chi connectivity index (χ0) is 17.4. The predicted molar refractivity (Wildman–Crippen MR) is 83.2 cm³/mol. The molecule has 4 bridgehead atoms. The lowest BCUT2D eigenvalue weighted by Crippen LogP contribution is -2.40. The van der Waals surface area contributed by atoms with Crippen molar-refractivity contribution in [2.45, 2.75) is 18.9 Å². The fourth-order valence-corrected chi connectivity index (χ4v) is 2.55. The van der Waals surface area contributed by atoms with Crippen molar-refractivity contribution in [2.75, 3.05) is 13.2 Å². The first kappa shape index (κ1) is 15.5. The summed E-state index contributed by atoms with van der Waals surface area (Å²) in [6.07, 6.45) is 1.54. The molecule has 10 heteroatoms. The van der Waals surface area contributed by atoms with Crippen LogP contribution in [-0.2, 0) is 11.3 Å². The minimum absolute atomic E-state index is 0.00517. The highest BCUT2D eigenvalue weighted by molar-refractivity contribution is 5.92. The number of alkyl halides is 2. The molecule has 1 amide bonds. The molecule has 3 aromatic rings. The van der Waals surface area contributed by atoms with Crippen molar-refractivity contribution < 1.29 is 18.3 Å². The number of nitrogens with one attached hydrogen (secondary N) is 2. The maximum absolute atomic E-state index is 13.9. The second-order valence-electron chi connectivity index (χ2n) is 5.78. The van der Waals surface area contributed by atoms with Gasteiger partial charge < -0.3 is 10.1 Å². The van der Waals surface area contributed by atoms with Crippen LogP contribution < -0.4 is 10.1 Å². The second kappa shape index (κ2) is 5.80. The molecule has 0 radical (unpaired) electrons. The number of aromatic nitrogens is 5. The Hall–Kier alpha value is -3.04. The molecule has 25 heavy (non-hydrogen) atoms. The van der Waals surface area contributed by atoms with E-state index in [1.807, 2.05) is 0 Å². The Bertz CT molecular complexity index is 935. The van der Waals surface area contributed by atoms with Crippen LogP contribution in [0.15, 0.2) is 24.4 Å². The van der Waals surface area contributed by atoms with Crippen LogP contribution in [0.2, 0.25) is 0 Å². The van der Waals surface area contributed by atoms with E-state index in [1.165, 1.54) is 4.80 Å². The Morgan fingerprint density at radius 3 is 3.08 bits per heavy atom. The molecule has 130 valence electrons. The topological polar surface area (TPSA) is 97.7 Å². The Kier molecular flexibility index (Phi) is 3.59. The van der Waals surface area contributed by atoms with E-state index in [2.05, 4.69) is 25.7 Å². The first-order valence-corrected chi connectivity index (χ1v) is 7.66. The smallest absolute Gasteiger partial charge is 0.298 e. The monoisotopic (exact) mass is 348 g/mol. The molecule has 2 N–H and O–H groups in total. The number of carbonyl (C=O) groups excluding carboxylic acids is 1. The molecular formula is C15H14F2N6O2. The largest absolute Gasteiger partial charge is 0.487 e. The van der Waals surface area contributed by atoms with Gasteiger partial charge in [-0.1, -0.05) is 0 Å². The number of ether oxygens (including phenoxy) is 1. The van der Waals surface area contributed by atoms with Crippen LogP contribution in [0, 0.1) is 0 Å². The highest BCUT2D eigenvalue weighted by Crippen LogP contribution is 2.28. The summed E-state index contributed by atoms with van der Waals surface area (Å²) in [4.78, 5) is 13.1. The van der Waals surface area contributed by atoms with E-state index >= 15 is 0 Å². The molecule has 1 aromatic carbocycles. The number of nitrogens with zero attached hydrogens (tertiary/aromatic N) is 4. The maximum Gasteiger partial charge on any atom is 0.298 e. The molecule has 0 aliphatic carbocycles. The molecule has 0 fully saturated rings. The predicted octanol–water partition coefficient (Wildman–Crippen LogP) is 1.36. The lowest BCUT2D eigenvalue weighted by Gasteiger charge is -2.17. The van der Waals surface area contributed by atoms with Crippen LogP contribution in [0.4, 0.5) is 8.78 Å². The van der Waals surface area contributed by atoms with Crippen LogP contribution in [0.25, 0.3) is 22.3 Å². The van der Waals surface area contributed by atoms with E-state index in [0.29, 0.717) is 16.8 Å². The number of carbonyl (C=O) groups is 1. The summed E-state index contributed by atoms with van der Waals surface area (Å²) in [6, 6.07) is 4.90. The van der Waals surface area contributed by atoms with E-state index in [-0.39, 0.29) is 18.7 Å². The van der Waals surface area contributed by atoms with Crippen LogP contribution in [0.3, 0.4) is 0 Å². The molecule has 0 atom stereocenters. The van der Waals surface area contributed by atoms with Gasteiger partial charge in [-0.25, -0.2) is 8.78 Å². The molecule has 1 aliphatic rings. The zero-order valence-corrected chi connectivity index (χ0v) is 13.0. The quantitative estimate of drug-likeness (QED) is 0.639. The minimum Gasteiger partial charge on any atom is -0.487 e. The first-order valence-electron chi connectivity index (χ1n) is 7.66. The van der Waals surface area contributed by atoms with Gasteiger partial charge in [0, 0.05) is 11.8 Å². The van der Waals surface area contributed by atoms with Gasteiger partial charge in [0.05, 0.1) is 24.8 Å². The van der Waals surface area contributed by atoms with Gasteiger partial charge >= 0.3 is 0 Å². The molecule has 0 unspecified atom stereocenters. The van der Waals surface area contributed by atoms with Crippen LogP contribution in [0.5, 0.6) is 5.75 Å². The van der Waals surface area contributed by atoms with Crippen molar-refractivity contribution in [1.29, 1.82) is 0 Å². The van der Waals surface area contributed by atoms with Crippen LogP contribution >= 0.6 is 0 Å². The molecule has 0 saturated heterocycles. The van der Waals surface area contributed by atoms with Crippen molar-refractivity contribution in [3.05, 3.63) is 24.4 Å². The van der Waals surface area contributed by atoms with Gasteiger partial charge in [0.25, 0.3) is 5.92 Å². The minimum atomic E-state index is -3.18. The third kappa shape index (κ3) is 3.14. The van der Waals surface area contributed by atoms with E-state index in [9.17, 15) is 13.6 Å². The normalized spacial score (nSPS) is 17.6. The average Bonchev–Trinajstić information content (AvgIpc) is 3.22. The molecule has 1 aliphatic heterocycles. The van der Waals surface area contributed by atoms with Crippen molar-refractivity contribution in [1.82, 2.24) is 30.5 Å². The van der Waals surface area contributed by atoms with Gasteiger partial charge in [0.15, 0.2) is 6.61 Å². The highest BCUT2D eigenvalue weighted by atomic mass is 19.3. The van der Waals surface area contributed by atoms with Crippen molar-refractivity contribution in [3.63, 3.8) is 0 Å². The van der Waals surface area contributed by atoms with Gasteiger partial charge in [0.2, 0.25) is 5.91 Å². The summed E-state index contributed by atoms with van der Waals surface area (Å²) in [5.41, 5.74) is 1.78. The number of halogens is 2. The molecule has 4 rings (SSSR count). The molecule has 0 spiro atoms. The number of amides is 1. The number of hydrogen-bond donors (Lipinski definition) is 2. The number of fused-ring (bicyclic) bond motifs is 4. The fraction of sp³-hybridized carbons (Fsp3) is 0.333. The Labute approximate surface area is 140 Å². The molecule has 8 nitrogen and oxygen atoms in total. The Morgan fingerprint density at radius 1 is 1.32 bits per heavy atom. The molecule has 3 heterocycles. The molecule has 2 aromatic heterocycles. The maximum atomic E-state index is 13.9. The van der Waals surface area contributed by atoms with Crippen molar-refractivity contribution in [3.8, 4) is 17.1 Å². The number of rotatable bonds is 0. The number of hydrogen-bond acceptors (Lipinski definition) is 5.